The lowest BCUT2D eigenvalue weighted by Gasteiger charge is -2.31. The van der Waals surface area contributed by atoms with Crippen LogP contribution in [0.3, 0.4) is 0 Å². The molecule has 1 N–H and O–H groups in total. The van der Waals surface area contributed by atoms with E-state index < -0.39 is 26.8 Å². The molecule has 0 aliphatic carbocycles. The number of benzene rings is 1. The number of carbonyl (C=O) groups excluding carboxylic acids is 2. The third-order valence-corrected chi connectivity index (χ3v) is 11.3. The van der Waals surface area contributed by atoms with E-state index in [2.05, 4.69) is 21.4 Å². The predicted molar refractivity (Wildman–Crippen MR) is 145 cm³/mol. The van der Waals surface area contributed by atoms with Crippen molar-refractivity contribution in [1.82, 2.24) is 10.4 Å². The van der Waals surface area contributed by atoms with E-state index in [9.17, 15) is 18.0 Å². The first-order chi connectivity index (χ1) is 18.2. The van der Waals surface area contributed by atoms with E-state index in [1.54, 1.807) is 30.3 Å². The average Bonchev–Trinajstić information content (AvgIpc) is 3.31. The van der Waals surface area contributed by atoms with Crippen LogP contribution in [-0.2, 0) is 29.0 Å². The zero-order valence-electron chi connectivity index (χ0n) is 21.2. The van der Waals surface area contributed by atoms with Crippen LogP contribution in [0.1, 0.15) is 47.3 Å². The minimum Gasteiger partial charge on any atom is -0.493 e. The van der Waals surface area contributed by atoms with Crippen LogP contribution in [0.2, 0.25) is 0 Å². The third kappa shape index (κ3) is 6.01. The summed E-state index contributed by atoms with van der Waals surface area (Å²) >= 11 is 4.68. The zero-order chi connectivity index (χ0) is 27.3. The van der Waals surface area contributed by atoms with E-state index in [1.165, 1.54) is 30.5 Å². The lowest BCUT2D eigenvalue weighted by Crippen LogP contribution is -2.43. The highest BCUT2D eigenvalue weighted by Crippen LogP contribution is 2.44. The molecule has 0 radical (unpaired) electrons. The molecule has 1 aromatic carbocycles. The van der Waals surface area contributed by atoms with Crippen LogP contribution in [0.25, 0.3) is 0 Å². The van der Waals surface area contributed by atoms with Crippen molar-refractivity contribution in [2.75, 3.05) is 39.7 Å². The molecule has 2 unspecified atom stereocenters. The highest BCUT2D eigenvalue weighted by molar-refractivity contribution is 9.11. The maximum Gasteiger partial charge on any atom is 0.257 e. The number of thiophene rings is 1. The number of sulfone groups is 1. The van der Waals surface area contributed by atoms with Crippen LogP contribution in [0, 0.1) is 0 Å². The summed E-state index contributed by atoms with van der Waals surface area (Å²) in [5.74, 6) is -0.567. The number of hydrogen-bond donors (Lipinski definition) is 1. The maximum absolute atomic E-state index is 13.9. The molecule has 1 aromatic heterocycles. The Kier molecular flexibility index (Phi) is 9.35. The molecule has 10 nitrogen and oxygen atoms in total. The Balaban J connectivity index is 1.60. The third-order valence-electron chi connectivity index (χ3n) is 6.84. The zero-order valence-corrected chi connectivity index (χ0v) is 24.5. The molecular weight excluding hydrogens is 600 g/mol. The molecule has 2 fully saturated rings. The lowest BCUT2D eigenvalue weighted by atomic mass is 9.97. The van der Waals surface area contributed by atoms with Crippen molar-refractivity contribution in [3.8, 4) is 11.5 Å². The Morgan fingerprint density at radius 2 is 2.00 bits per heavy atom. The smallest absolute Gasteiger partial charge is 0.257 e. The average molecular weight is 632 g/mol. The van der Waals surface area contributed by atoms with Crippen molar-refractivity contribution in [3.05, 3.63) is 44.6 Å². The van der Waals surface area contributed by atoms with Gasteiger partial charge in [0.15, 0.2) is 27.6 Å². The molecule has 0 bridgehead atoms. The summed E-state index contributed by atoms with van der Waals surface area (Å²) in [5, 5.41) is 0. The van der Waals surface area contributed by atoms with Crippen LogP contribution in [0.15, 0.2) is 34.1 Å². The summed E-state index contributed by atoms with van der Waals surface area (Å²) < 4.78 is 43.2. The molecule has 3 heterocycles. The molecule has 13 heteroatoms. The lowest BCUT2D eigenvalue weighted by molar-refractivity contribution is -0.200. The van der Waals surface area contributed by atoms with E-state index in [1.807, 2.05) is 0 Å². The van der Waals surface area contributed by atoms with Crippen LogP contribution in [0.5, 0.6) is 11.5 Å². The number of amides is 2. The number of ether oxygens (including phenoxy) is 3. The number of nitrogens with zero attached hydrogens (tertiary/aromatic N) is 1. The van der Waals surface area contributed by atoms with Crippen LogP contribution >= 0.6 is 27.3 Å². The second kappa shape index (κ2) is 12.3. The molecule has 2 aromatic rings. The summed E-state index contributed by atoms with van der Waals surface area (Å²) in [6.07, 6.45) is 1.62. The van der Waals surface area contributed by atoms with E-state index in [4.69, 9.17) is 19.0 Å². The number of carbonyl (C=O) groups is 2. The number of nitrogens with one attached hydrogen (secondary N) is 1. The highest BCUT2D eigenvalue weighted by atomic mass is 79.9. The number of para-hydroxylation sites is 1. The fraction of sp³-hybridized carbons (Fsp3) is 0.520. The van der Waals surface area contributed by atoms with Crippen molar-refractivity contribution in [3.63, 3.8) is 0 Å². The van der Waals surface area contributed by atoms with Gasteiger partial charge in [-0.3, -0.25) is 9.59 Å². The second-order valence-corrected chi connectivity index (χ2v) is 14.0. The molecule has 0 saturated carbocycles. The van der Waals surface area contributed by atoms with Crippen LogP contribution in [0.4, 0.5) is 0 Å². The molecule has 2 atom stereocenters. The minimum atomic E-state index is -3.88. The van der Waals surface area contributed by atoms with Gasteiger partial charge in [0.2, 0.25) is 5.91 Å². The molecule has 38 heavy (non-hydrogen) atoms. The van der Waals surface area contributed by atoms with Gasteiger partial charge in [0.05, 0.1) is 35.7 Å². The van der Waals surface area contributed by atoms with Crippen molar-refractivity contribution in [1.29, 1.82) is 0 Å². The topological polar surface area (TPSA) is 120 Å². The fourth-order valence-corrected chi connectivity index (χ4v) is 8.77. The van der Waals surface area contributed by atoms with Crippen LogP contribution < -0.4 is 15.0 Å². The molecular formula is C25H31BrN2O8S2. The number of hydrogen-bond acceptors (Lipinski definition) is 9. The van der Waals surface area contributed by atoms with Gasteiger partial charge in [-0.05, 0) is 59.5 Å². The number of rotatable bonds is 8. The fourth-order valence-electron chi connectivity index (χ4n) is 4.79. The molecule has 2 aliphatic rings. The van der Waals surface area contributed by atoms with Gasteiger partial charge >= 0.3 is 0 Å². The van der Waals surface area contributed by atoms with Crippen molar-refractivity contribution < 1.29 is 37.1 Å². The monoisotopic (exact) mass is 630 g/mol. The minimum absolute atomic E-state index is 0.0239. The van der Waals surface area contributed by atoms with Gasteiger partial charge in [0.25, 0.3) is 5.91 Å². The Hall–Kier alpha value is -2.19. The SMILES string of the molecule is COc1cccc(C(=O)N2CCC(CC(=O)NOC3CCCCO3)(c3ccc(Br)s3)S(=O)(=O)CC2)c1OC. The molecule has 2 saturated heterocycles. The largest absolute Gasteiger partial charge is 0.493 e. The quantitative estimate of drug-likeness (QED) is 0.439. The number of methoxy groups -OCH3 is 2. The van der Waals surface area contributed by atoms with E-state index >= 15 is 0 Å². The van der Waals surface area contributed by atoms with E-state index in [-0.39, 0.29) is 48.9 Å². The van der Waals surface area contributed by atoms with Gasteiger partial charge in [-0.25, -0.2) is 18.7 Å². The summed E-state index contributed by atoms with van der Waals surface area (Å²) in [6.45, 7) is 0.641. The second-order valence-electron chi connectivity index (χ2n) is 9.12. The first-order valence-corrected chi connectivity index (χ1v) is 15.5. The van der Waals surface area contributed by atoms with Gasteiger partial charge in [0, 0.05) is 31.0 Å². The Morgan fingerprint density at radius 1 is 1.18 bits per heavy atom. The Bertz CT molecular complexity index is 1260. The van der Waals surface area contributed by atoms with Crippen molar-refractivity contribution in [2.45, 2.75) is 43.1 Å². The van der Waals surface area contributed by atoms with Gasteiger partial charge in [-0.15, -0.1) is 11.3 Å². The summed E-state index contributed by atoms with van der Waals surface area (Å²) in [5.41, 5.74) is 2.67. The normalized spacial score (nSPS) is 23.3. The highest BCUT2D eigenvalue weighted by Gasteiger charge is 2.50. The Labute approximate surface area is 234 Å². The first kappa shape index (κ1) is 28.8. The van der Waals surface area contributed by atoms with E-state index in [0.717, 1.165) is 16.6 Å². The Morgan fingerprint density at radius 3 is 2.66 bits per heavy atom. The number of halogens is 1. The standard InChI is InChI=1S/C25H31BrN2O8S2/c1-33-18-7-5-6-17(23(18)34-2)24(30)28-12-11-25(38(31,32)15-13-28,19-9-10-20(26)37-19)16-21(29)27-36-22-8-3-4-14-35-22/h5-7,9-10,22H,3-4,8,11-16H2,1-2H3,(H,27,29). The number of hydroxylamine groups is 1. The van der Waals surface area contributed by atoms with Crippen molar-refractivity contribution in [2.24, 2.45) is 0 Å². The van der Waals surface area contributed by atoms with Gasteiger partial charge in [-0.1, -0.05) is 6.07 Å². The van der Waals surface area contributed by atoms with Gasteiger partial charge in [-0.2, -0.15) is 0 Å². The molecule has 208 valence electrons. The molecule has 4 rings (SSSR count). The summed E-state index contributed by atoms with van der Waals surface area (Å²) in [6, 6.07) is 8.45. The van der Waals surface area contributed by atoms with E-state index in [0.29, 0.717) is 23.7 Å². The summed E-state index contributed by atoms with van der Waals surface area (Å²) in [7, 11) is -0.960. The van der Waals surface area contributed by atoms with Crippen molar-refractivity contribution >= 4 is 48.9 Å². The van der Waals surface area contributed by atoms with Gasteiger partial charge in [0.1, 0.15) is 4.75 Å². The summed E-state index contributed by atoms with van der Waals surface area (Å²) in [4.78, 5) is 34.0. The molecule has 2 amide bonds. The maximum atomic E-state index is 13.9. The molecule has 0 spiro atoms. The first-order valence-electron chi connectivity index (χ1n) is 12.3. The predicted octanol–water partition coefficient (Wildman–Crippen LogP) is 3.65. The molecule has 2 aliphatic heterocycles. The van der Waals surface area contributed by atoms with Gasteiger partial charge < -0.3 is 19.1 Å². The van der Waals surface area contributed by atoms with Crippen LogP contribution in [-0.4, -0.2) is 71.1 Å².